The van der Waals surface area contributed by atoms with Gasteiger partial charge in [0.05, 0.1) is 11.5 Å². The maximum absolute atomic E-state index is 12.9. The van der Waals surface area contributed by atoms with Gasteiger partial charge in [0.15, 0.2) is 0 Å². The lowest BCUT2D eigenvalue weighted by Gasteiger charge is -2.35. The Morgan fingerprint density at radius 2 is 1.90 bits per heavy atom. The van der Waals surface area contributed by atoms with Gasteiger partial charge in [-0.15, -0.1) is 0 Å². The number of hydrogen-bond donors (Lipinski definition) is 0. The maximum atomic E-state index is 12.9. The molecule has 2 heterocycles. The van der Waals surface area contributed by atoms with E-state index in [4.69, 9.17) is 16.3 Å². The first-order valence-electron chi connectivity index (χ1n) is 9.73. The summed E-state index contributed by atoms with van der Waals surface area (Å²) in [6.07, 6.45) is 1.66. The number of anilines is 1. The van der Waals surface area contributed by atoms with E-state index in [9.17, 15) is 14.9 Å². The highest BCUT2D eigenvalue weighted by Gasteiger charge is 2.29. The molecule has 1 unspecified atom stereocenters. The van der Waals surface area contributed by atoms with E-state index in [2.05, 4.69) is 4.90 Å². The molecule has 0 N–H and O–H groups in total. The highest BCUT2D eigenvalue weighted by molar-refractivity contribution is 6.31. The minimum atomic E-state index is -0.487. The van der Waals surface area contributed by atoms with Crippen molar-refractivity contribution in [1.29, 1.82) is 0 Å². The minimum Gasteiger partial charge on any atom is -0.370 e. The first-order valence-corrected chi connectivity index (χ1v) is 10.1. The Morgan fingerprint density at radius 1 is 1.14 bits per heavy atom. The van der Waals surface area contributed by atoms with Crippen LogP contribution in [0.25, 0.3) is 0 Å². The van der Waals surface area contributed by atoms with Crippen molar-refractivity contribution < 1.29 is 14.5 Å². The zero-order chi connectivity index (χ0) is 20.4. The van der Waals surface area contributed by atoms with Crippen molar-refractivity contribution in [3.8, 4) is 0 Å². The molecule has 0 saturated carbocycles. The number of rotatable bonds is 4. The van der Waals surface area contributed by atoms with E-state index in [0.717, 1.165) is 24.1 Å². The van der Waals surface area contributed by atoms with Gasteiger partial charge in [-0.2, -0.15) is 0 Å². The molecule has 2 fully saturated rings. The zero-order valence-corrected chi connectivity index (χ0v) is 16.7. The number of amides is 1. The minimum absolute atomic E-state index is 0.148. The van der Waals surface area contributed by atoms with Gasteiger partial charge >= 0.3 is 0 Å². The van der Waals surface area contributed by atoms with Gasteiger partial charge < -0.3 is 14.5 Å². The largest absolute Gasteiger partial charge is 0.370 e. The molecule has 0 bridgehead atoms. The summed E-state index contributed by atoms with van der Waals surface area (Å²) in [7, 11) is 0. The van der Waals surface area contributed by atoms with Crippen molar-refractivity contribution in [2.75, 3.05) is 37.7 Å². The molecule has 8 heteroatoms. The molecule has 1 atom stereocenters. The Labute approximate surface area is 174 Å². The van der Waals surface area contributed by atoms with Gasteiger partial charge in [-0.25, -0.2) is 0 Å². The molecule has 1 amide bonds. The van der Waals surface area contributed by atoms with Crippen LogP contribution in [-0.2, 0) is 4.74 Å². The number of nitro groups is 1. The summed E-state index contributed by atoms with van der Waals surface area (Å²) in [6.45, 7) is 2.98. The number of likely N-dealkylation sites (tertiary alicyclic amines) is 1. The summed E-state index contributed by atoms with van der Waals surface area (Å²) in [5.41, 5.74) is 1.68. The molecule has 2 aromatic rings. The van der Waals surface area contributed by atoms with Crippen LogP contribution in [0.4, 0.5) is 11.4 Å². The van der Waals surface area contributed by atoms with Crippen LogP contribution < -0.4 is 4.90 Å². The normalized spacial score (nSPS) is 19.4. The van der Waals surface area contributed by atoms with Gasteiger partial charge in [0, 0.05) is 48.5 Å². The summed E-state index contributed by atoms with van der Waals surface area (Å²) in [5, 5.41) is 12.1. The first kappa shape index (κ1) is 19.7. The molecule has 4 rings (SSSR count). The number of carbonyl (C=O) groups excluding carboxylic acids is 1. The number of nitro benzene ring substituents is 1. The standard InChI is InChI=1S/C21H22ClN3O4/c22-18-6-2-1-5-16(18)20-14-24(11-12-29-20)15-7-8-19(25(27)28)17(13-15)21(26)23-9-3-4-10-23/h1-2,5-8,13,20H,3-4,9-12,14H2. The number of halogens is 1. The number of ether oxygens (including phenoxy) is 1. The van der Waals surface area contributed by atoms with Crippen LogP contribution in [-0.4, -0.2) is 48.5 Å². The molecule has 0 aliphatic carbocycles. The number of benzene rings is 2. The summed E-state index contributed by atoms with van der Waals surface area (Å²) < 4.78 is 5.91. The lowest BCUT2D eigenvalue weighted by atomic mass is 10.1. The molecule has 2 aromatic carbocycles. The highest BCUT2D eigenvalue weighted by Crippen LogP contribution is 2.33. The van der Waals surface area contributed by atoms with Gasteiger partial charge in [-0.3, -0.25) is 14.9 Å². The smallest absolute Gasteiger partial charge is 0.282 e. The van der Waals surface area contributed by atoms with Crippen LogP contribution in [0.3, 0.4) is 0 Å². The van der Waals surface area contributed by atoms with E-state index >= 15 is 0 Å². The van der Waals surface area contributed by atoms with E-state index < -0.39 is 4.92 Å². The predicted octanol–water partition coefficient (Wildman–Crippen LogP) is 4.06. The lowest BCUT2D eigenvalue weighted by Crippen LogP contribution is -2.38. The molecule has 0 radical (unpaired) electrons. The number of nitrogens with zero attached hydrogens (tertiary/aromatic N) is 3. The van der Waals surface area contributed by atoms with E-state index in [-0.39, 0.29) is 23.3 Å². The topological polar surface area (TPSA) is 75.9 Å². The average Bonchev–Trinajstić information content (AvgIpc) is 3.28. The van der Waals surface area contributed by atoms with Crippen LogP contribution in [0.2, 0.25) is 5.02 Å². The van der Waals surface area contributed by atoms with Gasteiger partial charge in [0.1, 0.15) is 11.7 Å². The van der Waals surface area contributed by atoms with Gasteiger partial charge in [-0.1, -0.05) is 29.8 Å². The fourth-order valence-electron chi connectivity index (χ4n) is 3.95. The van der Waals surface area contributed by atoms with E-state index in [1.807, 2.05) is 24.3 Å². The third kappa shape index (κ3) is 4.06. The third-order valence-electron chi connectivity index (χ3n) is 5.48. The fourth-order valence-corrected chi connectivity index (χ4v) is 4.21. The Hall–Kier alpha value is -2.64. The fraction of sp³-hybridized carbons (Fsp3) is 0.381. The average molecular weight is 416 g/mol. The van der Waals surface area contributed by atoms with Crippen LogP contribution in [0.15, 0.2) is 42.5 Å². The molecular formula is C21H22ClN3O4. The second-order valence-electron chi connectivity index (χ2n) is 7.28. The van der Waals surface area contributed by atoms with E-state index in [0.29, 0.717) is 37.8 Å². The molecule has 2 saturated heterocycles. The maximum Gasteiger partial charge on any atom is 0.282 e. The first-order chi connectivity index (χ1) is 14.0. The Bertz CT molecular complexity index is 930. The summed E-state index contributed by atoms with van der Waals surface area (Å²) >= 11 is 6.32. The number of hydrogen-bond acceptors (Lipinski definition) is 5. The summed E-state index contributed by atoms with van der Waals surface area (Å²) in [6, 6.07) is 12.3. The molecule has 29 heavy (non-hydrogen) atoms. The van der Waals surface area contributed by atoms with Crippen LogP contribution in [0.1, 0.15) is 34.9 Å². The van der Waals surface area contributed by atoms with Crippen LogP contribution >= 0.6 is 11.6 Å². The van der Waals surface area contributed by atoms with Crippen LogP contribution in [0.5, 0.6) is 0 Å². The van der Waals surface area contributed by atoms with Gasteiger partial charge in [0.2, 0.25) is 0 Å². The van der Waals surface area contributed by atoms with Gasteiger partial charge in [0.25, 0.3) is 11.6 Å². The SMILES string of the molecule is O=C(c1cc(N2CCOC(c3ccccc3Cl)C2)ccc1[N+](=O)[O-])N1CCCC1. The highest BCUT2D eigenvalue weighted by atomic mass is 35.5. The second-order valence-corrected chi connectivity index (χ2v) is 7.69. The van der Waals surface area contributed by atoms with Crippen molar-refractivity contribution in [2.45, 2.75) is 18.9 Å². The summed E-state index contributed by atoms with van der Waals surface area (Å²) in [5.74, 6) is -0.271. The summed E-state index contributed by atoms with van der Waals surface area (Å²) in [4.78, 5) is 27.7. The molecule has 2 aliphatic rings. The Balaban J connectivity index is 1.62. The second kappa shape index (κ2) is 8.39. The number of morpholine rings is 1. The van der Waals surface area contributed by atoms with Crippen molar-refractivity contribution in [3.05, 3.63) is 68.7 Å². The zero-order valence-electron chi connectivity index (χ0n) is 15.9. The molecule has 0 aromatic heterocycles. The molecule has 152 valence electrons. The molecule has 2 aliphatic heterocycles. The van der Waals surface area contributed by atoms with Crippen molar-refractivity contribution in [2.24, 2.45) is 0 Å². The molecule has 7 nitrogen and oxygen atoms in total. The molecular weight excluding hydrogens is 394 g/mol. The van der Waals surface area contributed by atoms with Crippen molar-refractivity contribution in [3.63, 3.8) is 0 Å². The number of carbonyl (C=O) groups is 1. The van der Waals surface area contributed by atoms with Crippen LogP contribution in [0, 0.1) is 10.1 Å². The molecule has 0 spiro atoms. The van der Waals surface area contributed by atoms with E-state index in [1.54, 1.807) is 17.0 Å². The van der Waals surface area contributed by atoms with Crippen molar-refractivity contribution in [1.82, 2.24) is 4.90 Å². The Kier molecular flexibility index (Phi) is 5.69. The predicted molar refractivity (Wildman–Crippen MR) is 111 cm³/mol. The van der Waals surface area contributed by atoms with Crippen molar-refractivity contribution >= 4 is 28.9 Å². The van der Waals surface area contributed by atoms with Gasteiger partial charge in [-0.05, 0) is 31.0 Å². The third-order valence-corrected chi connectivity index (χ3v) is 5.83. The lowest BCUT2D eigenvalue weighted by molar-refractivity contribution is -0.385. The monoisotopic (exact) mass is 415 g/mol. The quantitative estimate of drug-likeness (QED) is 0.556. The Morgan fingerprint density at radius 3 is 2.62 bits per heavy atom. The van der Waals surface area contributed by atoms with E-state index in [1.165, 1.54) is 6.07 Å².